The van der Waals surface area contributed by atoms with Gasteiger partial charge in [-0.2, -0.15) is 0 Å². The third-order valence-corrected chi connectivity index (χ3v) is 4.20. The second-order valence-electron chi connectivity index (χ2n) is 5.40. The zero-order chi connectivity index (χ0) is 15.7. The van der Waals surface area contributed by atoms with E-state index in [0.29, 0.717) is 23.6 Å². The second-order valence-corrected chi connectivity index (χ2v) is 5.40. The summed E-state index contributed by atoms with van der Waals surface area (Å²) in [6, 6.07) is 9.41. The van der Waals surface area contributed by atoms with Gasteiger partial charge in [0.25, 0.3) is 5.91 Å². The van der Waals surface area contributed by atoms with E-state index in [2.05, 4.69) is 23.8 Å². The van der Waals surface area contributed by atoms with Gasteiger partial charge in [0.05, 0.1) is 20.3 Å². The maximum Gasteiger partial charge on any atom is 0.254 e. The van der Waals surface area contributed by atoms with Gasteiger partial charge in [-0.1, -0.05) is 0 Å². The van der Waals surface area contributed by atoms with Gasteiger partial charge in [0, 0.05) is 36.6 Å². The Hall–Kier alpha value is -2.43. The van der Waals surface area contributed by atoms with Gasteiger partial charge in [0.15, 0.2) is 0 Å². The minimum Gasteiger partial charge on any atom is -0.497 e. The summed E-state index contributed by atoms with van der Waals surface area (Å²) >= 11 is 0. The third kappa shape index (κ3) is 2.43. The number of benzene rings is 1. The van der Waals surface area contributed by atoms with Crippen LogP contribution in [0.4, 0.5) is 0 Å². The highest BCUT2D eigenvalue weighted by Crippen LogP contribution is 2.29. The summed E-state index contributed by atoms with van der Waals surface area (Å²) in [5.41, 5.74) is 1.75. The van der Waals surface area contributed by atoms with Crippen LogP contribution in [0.1, 0.15) is 29.0 Å². The SMILES string of the molecule is COc1cc(OC)cc(C(=O)N2CCn3cccc3[C@H]2C)c1. The highest BCUT2D eigenvalue weighted by atomic mass is 16.5. The Kier molecular flexibility index (Phi) is 3.79. The van der Waals surface area contributed by atoms with Gasteiger partial charge in [0.2, 0.25) is 0 Å². The van der Waals surface area contributed by atoms with Crippen LogP contribution in [0.15, 0.2) is 36.5 Å². The molecule has 0 bridgehead atoms. The molecule has 1 aliphatic heterocycles. The van der Waals surface area contributed by atoms with E-state index in [4.69, 9.17) is 9.47 Å². The van der Waals surface area contributed by atoms with Gasteiger partial charge in [-0.15, -0.1) is 0 Å². The number of aromatic nitrogens is 1. The van der Waals surface area contributed by atoms with Gasteiger partial charge in [-0.25, -0.2) is 0 Å². The molecule has 22 heavy (non-hydrogen) atoms. The number of carbonyl (C=O) groups is 1. The van der Waals surface area contributed by atoms with Crippen LogP contribution in [0.2, 0.25) is 0 Å². The first-order valence-corrected chi connectivity index (χ1v) is 7.33. The van der Waals surface area contributed by atoms with E-state index < -0.39 is 0 Å². The van der Waals surface area contributed by atoms with Crippen LogP contribution in [0, 0.1) is 0 Å². The Balaban J connectivity index is 1.91. The van der Waals surface area contributed by atoms with Crippen LogP contribution in [-0.2, 0) is 6.54 Å². The average Bonchev–Trinajstić information content (AvgIpc) is 3.03. The van der Waals surface area contributed by atoms with Crippen LogP contribution in [-0.4, -0.2) is 36.1 Å². The van der Waals surface area contributed by atoms with E-state index >= 15 is 0 Å². The molecule has 0 saturated carbocycles. The van der Waals surface area contributed by atoms with Crippen LogP contribution >= 0.6 is 0 Å². The fourth-order valence-corrected chi connectivity index (χ4v) is 2.95. The molecule has 1 amide bonds. The van der Waals surface area contributed by atoms with Crippen molar-refractivity contribution in [2.75, 3.05) is 20.8 Å². The lowest BCUT2D eigenvalue weighted by molar-refractivity contribution is 0.0643. The topological polar surface area (TPSA) is 43.7 Å². The van der Waals surface area contributed by atoms with Crippen molar-refractivity contribution in [2.45, 2.75) is 19.5 Å². The van der Waals surface area contributed by atoms with Crippen molar-refractivity contribution in [3.63, 3.8) is 0 Å². The Morgan fingerprint density at radius 3 is 2.45 bits per heavy atom. The maximum absolute atomic E-state index is 12.9. The van der Waals surface area contributed by atoms with E-state index in [1.54, 1.807) is 32.4 Å². The molecule has 0 spiro atoms. The Bertz CT molecular complexity index is 671. The minimum absolute atomic E-state index is 0.00264. The summed E-state index contributed by atoms with van der Waals surface area (Å²) in [5, 5.41) is 0. The van der Waals surface area contributed by atoms with Crippen molar-refractivity contribution < 1.29 is 14.3 Å². The van der Waals surface area contributed by atoms with Crippen LogP contribution in [0.25, 0.3) is 0 Å². The molecule has 0 radical (unpaired) electrons. The predicted octanol–water partition coefficient (Wildman–Crippen LogP) is 2.72. The number of hydrogen-bond acceptors (Lipinski definition) is 3. The molecule has 0 N–H and O–H groups in total. The van der Waals surface area contributed by atoms with Gasteiger partial charge in [0.1, 0.15) is 11.5 Å². The number of fused-ring (bicyclic) bond motifs is 1. The molecule has 1 atom stereocenters. The van der Waals surface area contributed by atoms with Crippen LogP contribution < -0.4 is 9.47 Å². The highest BCUT2D eigenvalue weighted by molar-refractivity contribution is 5.95. The first kappa shape index (κ1) is 14.5. The summed E-state index contributed by atoms with van der Waals surface area (Å²) in [6.45, 7) is 3.57. The molecule has 0 fully saturated rings. The number of hydrogen-bond donors (Lipinski definition) is 0. The molecule has 0 unspecified atom stereocenters. The van der Waals surface area contributed by atoms with Crippen molar-refractivity contribution in [1.29, 1.82) is 0 Å². The third-order valence-electron chi connectivity index (χ3n) is 4.20. The van der Waals surface area contributed by atoms with E-state index in [0.717, 1.165) is 12.2 Å². The zero-order valence-corrected chi connectivity index (χ0v) is 13.1. The van der Waals surface area contributed by atoms with Gasteiger partial charge in [-0.3, -0.25) is 4.79 Å². The molecular formula is C17H20N2O3. The number of nitrogens with zero attached hydrogens (tertiary/aromatic N) is 2. The Labute approximate surface area is 130 Å². The quantitative estimate of drug-likeness (QED) is 0.875. The van der Waals surface area contributed by atoms with Crippen molar-refractivity contribution >= 4 is 5.91 Å². The van der Waals surface area contributed by atoms with Crippen molar-refractivity contribution in [3.05, 3.63) is 47.8 Å². The van der Waals surface area contributed by atoms with Gasteiger partial charge in [-0.05, 0) is 31.2 Å². The molecule has 1 aromatic heterocycles. The second kappa shape index (κ2) is 5.75. The molecule has 1 aliphatic rings. The normalized spacial score (nSPS) is 17.0. The van der Waals surface area contributed by atoms with Crippen LogP contribution in [0.5, 0.6) is 11.5 Å². The molecule has 1 aromatic carbocycles. The summed E-state index contributed by atoms with van der Waals surface area (Å²) < 4.78 is 12.7. The van der Waals surface area contributed by atoms with Gasteiger partial charge >= 0.3 is 0 Å². The first-order valence-electron chi connectivity index (χ1n) is 7.33. The molecule has 2 aromatic rings. The lowest BCUT2D eigenvalue weighted by atomic mass is 10.1. The fraction of sp³-hybridized carbons (Fsp3) is 0.353. The molecule has 0 saturated heterocycles. The van der Waals surface area contributed by atoms with E-state index in [1.807, 2.05) is 11.0 Å². The van der Waals surface area contributed by atoms with Crippen LogP contribution in [0.3, 0.4) is 0 Å². The standard InChI is InChI=1S/C17H20N2O3/c1-12-16-5-4-6-18(16)7-8-19(12)17(20)13-9-14(21-2)11-15(10-13)22-3/h4-6,9-12H,7-8H2,1-3H3/t12-/m1/s1. The summed E-state index contributed by atoms with van der Waals surface area (Å²) in [4.78, 5) is 14.8. The summed E-state index contributed by atoms with van der Waals surface area (Å²) in [7, 11) is 3.17. The maximum atomic E-state index is 12.9. The number of rotatable bonds is 3. The van der Waals surface area contributed by atoms with Crippen molar-refractivity contribution in [3.8, 4) is 11.5 Å². The van der Waals surface area contributed by atoms with E-state index in [1.165, 1.54) is 0 Å². The molecule has 116 valence electrons. The lowest BCUT2D eigenvalue weighted by Gasteiger charge is -2.35. The average molecular weight is 300 g/mol. The zero-order valence-electron chi connectivity index (χ0n) is 13.1. The van der Waals surface area contributed by atoms with E-state index in [-0.39, 0.29) is 11.9 Å². The summed E-state index contributed by atoms with van der Waals surface area (Å²) in [6.07, 6.45) is 2.06. The van der Waals surface area contributed by atoms with Crippen molar-refractivity contribution in [1.82, 2.24) is 9.47 Å². The fourth-order valence-electron chi connectivity index (χ4n) is 2.95. The minimum atomic E-state index is -0.00264. The number of methoxy groups -OCH3 is 2. The predicted molar refractivity (Wildman–Crippen MR) is 83.4 cm³/mol. The largest absolute Gasteiger partial charge is 0.497 e. The molecule has 5 nitrogen and oxygen atoms in total. The van der Waals surface area contributed by atoms with Gasteiger partial charge < -0.3 is 18.9 Å². The number of carbonyl (C=O) groups excluding carboxylic acids is 1. The molecule has 2 heterocycles. The van der Waals surface area contributed by atoms with E-state index in [9.17, 15) is 4.79 Å². The Morgan fingerprint density at radius 2 is 1.82 bits per heavy atom. The smallest absolute Gasteiger partial charge is 0.254 e. The lowest BCUT2D eigenvalue weighted by Crippen LogP contribution is -2.40. The number of amides is 1. The summed E-state index contributed by atoms with van der Waals surface area (Å²) in [5.74, 6) is 1.24. The monoisotopic (exact) mass is 300 g/mol. The number of ether oxygens (including phenoxy) is 2. The Morgan fingerprint density at radius 1 is 1.14 bits per heavy atom. The molecule has 3 rings (SSSR count). The first-order chi connectivity index (χ1) is 10.6. The molecule has 0 aliphatic carbocycles. The highest BCUT2D eigenvalue weighted by Gasteiger charge is 2.28. The molecule has 5 heteroatoms. The molecular weight excluding hydrogens is 280 g/mol. The van der Waals surface area contributed by atoms with Crippen molar-refractivity contribution in [2.24, 2.45) is 0 Å².